The number of rotatable bonds is 6. The molecule has 2 aromatic carbocycles. The number of nitrogens with zero attached hydrogens (tertiary/aromatic N) is 1. The first-order chi connectivity index (χ1) is 16.7. The van der Waals surface area contributed by atoms with Crippen molar-refractivity contribution in [2.75, 3.05) is 27.9 Å². The van der Waals surface area contributed by atoms with E-state index < -0.39 is 17.4 Å². The van der Waals surface area contributed by atoms with Gasteiger partial charge in [0.15, 0.2) is 5.41 Å². The van der Waals surface area contributed by atoms with Crippen molar-refractivity contribution in [2.24, 2.45) is 16.7 Å². The molecule has 1 saturated heterocycles. The number of likely N-dealkylation sites (tertiary alicyclic amines) is 1. The molecule has 0 unspecified atom stereocenters. The zero-order valence-electron chi connectivity index (χ0n) is 21.5. The lowest BCUT2D eigenvalue weighted by Gasteiger charge is -2.55. The molecule has 6 heteroatoms. The highest BCUT2D eigenvalue weighted by molar-refractivity contribution is 6.01. The Morgan fingerprint density at radius 2 is 1.54 bits per heavy atom. The van der Waals surface area contributed by atoms with Crippen LogP contribution in [0.15, 0.2) is 54.6 Å². The van der Waals surface area contributed by atoms with E-state index in [0.717, 1.165) is 30.8 Å². The second-order valence-corrected chi connectivity index (χ2v) is 10.8. The molecule has 0 amide bonds. The van der Waals surface area contributed by atoms with Gasteiger partial charge in [-0.25, -0.2) is 0 Å². The van der Waals surface area contributed by atoms with Crippen LogP contribution in [0.3, 0.4) is 0 Å². The first kappa shape index (κ1) is 25.2. The van der Waals surface area contributed by atoms with Gasteiger partial charge in [-0.2, -0.15) is 0 Å². The molecule has 1 heterocycles. The fourth-order valence-corrected chi connectivity index (χ4v) is 6.57. The van der Waals surface area contributed by atoms with Gasteiger partial charge in [0.2, 0.25) is 0 Å². The molecule has 1 saturated carbocycles. The Morgan fingerprint density at radius 3 is 2.11 bits per heavy atom. The number of carbonyl (C=O) groups is 2. The third-order valence-corrected chi connectivity index (χ3v) is 7.96. The third kappa shape index (κ3) is 4.81. The van der Waals surface area contributed by atoms with Crippen molar-refractivity contribution in [3.05, 3.63) is 65.7 Å². The van der Waals surface area contributed by atoms with E-state index in [-0.39, 0.29) is 23.3 Å². The lowest BCUT2D eigenvalue weighted by molar-refractivity contribution is -0.179. The quantitative estimate of drug-likeness (QED) is 0.437. The van der Waals surface area contributed by atoms with Crippen LogP contribution in [0, 0.1) is 16.7 Å². The summed E-state index contributed by atoms with van der Waals surface area (Å²) in [5.74, 6) is -0.498. The molecule has 2 fully saturated rings. The smallest absolute Gasteiger partial charge is 0.323 e. The van der Waals surface area contributed by atoms with Gasteiger partial charge in [0.1, 0.15) is 5.75 Å². The Morgan fingerprint density at radius 1 is 0.914 bits per heavy atom. The molecule has 6 nitrogen and oxygen atoms in total. The molecular weight excluding hydrogens is 442 g/mol. The van der Waals surface area contributed by atoms with Crippen LogP contribution in [0.5, 0.6) is 5.75 Å². The molecular formula is C29H37NO5. The summed E-state index contributed by atoms with van der Waals surface area (Å²) in [6.07, 6.45) is 2.01. The number of carbonyl (C=O) groups excluding carboxylic acids is 2. The highest BCUT2D eigenvalue weighted by atomic mass is 16.5. The number of hydrogen-bond donors (Lipinski definition) is 0. The molecule has 0 bridgehead atoms. The standard InChI is InChI=1S/C29H37NO5/c1-28(2)16-22-17-29(26(31)34-4,27(32)35-5)24(21-11-13-23(33-3)14-12-21)15-25(22)30(19-28)18-20-9-7-6-8-10-20/h6-14,22,24-25H,15-19H2,1-5H3/t22-,24+,25-/m0/s1. The van der Waals surface area contributed by atoms with Gasteiger partial charge >= 0.3 is 11.9 Å². The predicted octanol–water partition coefficient (Wildman–Crippen LogP) is 4.82. The summed E-state index contributed by atoms with van der Waals surface area (Å²) < 4.78 is 15.9. The maximum absolute atomic E-state index is 13.4. The number of ether oxygens (including phenoxy) is 3. The Labute approximate surface area is 208 Å². The van der Waals surface area contributed by atoms with Crippen LogP contribution in [-0.4, -0.2) is 50.8 Å². The Hall–Kier alpha value is -2.86. The third-order valence-electron chi connectivity index (χ3n) is 7.96. The lowest BCUT2D eigenvalue weighted by atomic mass is 9.55. The zero-order valence-corrected chi connectivity index (χ0v) is 21.5. The second-order valence-electron chi connectivity index (χ2n) is 10.8. The highest BCUT2D eigenvalue weighted by Crippen LogP contribution is 2.56. The van der Waals surface area contributed by atoms with Crippen LogP contribution < -0.4 is 4.74 Å². The van der Waals surface area contributed by atoms with Crippen molar-refractivity contribution >= 4 is 11.9 Å². The van der Waals surface area contributed by atoms with Crippen LogP contribution in [0.25, 0.3) is 0 Å². The minimum Gasteiger partial charge on any atom is -0.497 e. The summed E-state index contributed by atoms with van der Waals surface area (Å²) in [6.45, 7) is 6.34. The average molecular weight is 480 g/mol. The van der Waals surface area contributed by atoms with Crippen LogP contribution in [0.4, 0.5) is 0 Å². The van der Waals surface area contributed by atoms with Crippen molar-refractivity contribution in [1.82, 2.24) is 4.90 Å². The maximum Gasteiger partial charge on any atom is 0.323 e. The molecule has 2 aromatic rings. The van der Waals surface area contributed by atoms with Gasteiger partial charge in [0, 0.05) is 25.0 Å². The number of fused-ring (bicyclic) bond motifs is 1. The first-order valence-electron chi connectivity index (χ1n) is 12.3. The molecule has 35 heavy (non-hydrogen) atoms. The topological polar surface area (TPSA) is 65.1 Å². The van der Waals surface area contributed by atoms with Gasteiger partial charge in [0.25, 0.3) is 0 Å². The van der Waals surface area contributed by atoms with E-state index in [4.69, 9.17) is 14.2 Å². The van der Waals surface area contributed by atoms with Crippen molar-refractivity contribution in [3.8, 4) is 5.75 Å². The maximum atomic E-state index is 13.4. The summed E-state index contributed by atoms with van der Waals surface area (Å²) in [5, 5.41) is 0. The average Bonchev–Trinajstić information content (AvgIpc) is 2.87. The molecule has 1 aliphatic heterocycles. The van der Waals surface area contributed by atoms with Crippen molar-refractivity contribution < 1.29 is 23.8 Å². The molecule has 188 valence electrons. The van der Waals surface area contributed by atoms with Gasteiger partial charge in [-0.1, -0.05) is 56.3 Å². The SMILES string of the molecule is COC(=O)C1(C(=O)OC)C[C@@H]2CC(C)(C)CN(Cc3ccccc3)[C@H]2C[C@@H]1c1ccc(OC)cc1. The molecule has 0 spiro atoms. The van der Waals surface area contributed by atoms with Gasteiger partial charge in [-0.05, 0) is 53.9 Å². The fourth-order valence-electron chi connectivity index (χ4n) is 6.57. The summed E-state index contributed by atoms with van der Waals surface area (Å²) in [4.78, 5) is 29.4. The van der Waals surface area contributed by atoms with Gasteiger partial charge < -0.3 is 14.2 Å². The van der Waals surface area contributed by atoms with Crippen molar-refractivity contribution in [3.63, 3.8) is 0 Å². The van der Waals surface area contributed by atoms with Crippen LogP contribution in [-0.2, 0) is 25.6 Å². The Kier molecular flexibility index (Phi) is 7.22. The predicted molar refractivity (Wildman–Crippen MR) is 134 cm³/mol. The number of piperidine rings is 1. The van der Waals surface area contributed by atoms with E-state index in [1.165, 1.54) is 19.8 Å². The molecule has 4 rings (SSSR count). The molecule has 0 radical (unpaired) electrons. The summed E-state index contributed by atoms with van der Waals surface area (Å²) in [5.41, 5.74) is 0.860. The largest absolute Gasteiger partial charge is 0.497 e. The normalized spacial score (nSPS) is 25.2. The molecule has 1 aliphatic carbocycles. The van der Waals surface area contributed by atoms with Crippen LogP contribution in [0.1, 0.15) is 50.2 Å². The Balaban J connectivity index is 1.79. The lowest BCUT2D eigenvalue weighted by Crippen LogP contribution is -2.60. The monoisotopic (exact) mass is 479 g/mol. The van der Waals surface area contributed by atoms with Crippen molar-refractivity contribution in [1.29, 1.82) is 0 Å². The van der Waals surface area contributed by atoms with E-state index in [2.05, 4.69) is 43.0 Å². The van der Waals surface area contributed by atoms with Crippen molar-refractivity contribution in [2.45, 2.75) is 51.6 Å². The summed E-state index contributed by atoms with van der Waals surface area (Å²) >= 11 is 0. The van der Waals surface area contributed by atoms with E-state index in [1.807, 2.05) is 30.3 Å². The van der Waals surface area contributed by atoms with E-state index in [0.29, 0.717) is 12.8 Å². The summed E-state index contributed by atoms with van der Waals surface area (Å²) in [6, 6.07) is 18.4. The minimum atomic E-state index is -1.38. The first-order valence-corrected chi connectivity index (χ1v) is 12.3. The number of benzene rings is 2. The molecule has 0 aromatic heterocycles. The molecule has 0 N–H and O–H groups in total. The number of methoxy groups -OCH3 is 3. The van der Waals surface area contributed by atoms with E-state index >= 15 is 0 Å². The number of hydrogen-bond acceptors (Lipinski definition) is 6. The zero-order chi connectivity index (χ0) is 25.2. The second kappa shape index (κ2) is 10.0. The van der Waals surface area contributed by atoms with Gasteiger partial charge in [-0.3, -0.25) is 14.5 Å². The minimum absolute atomic E-state index is 0.0564. The summed E-state index contributed by atoms with van der Waals surface area (Å²) in [7, 11) is 4.34. The van der Waals surface area contributed by atoms with Gasteiger partial charge in [0.05, 0.1) is 21.3 Å². The molecule has 2 aliphatic rings. The van der Waals surface area contributed by atoms with E-state index in [1.54, 1.807) is 7.11 Å². The van der Waals surface area contributed by atoms with E-state index in [9.17, 15) is 9.59 Å². The van der Waals surface area contributed by atoms with Crippen LogP contribution in [0.2, 0.25) is 0 Å². The number of esters is 2. The Bertz CT molecular complexity index is 1020. The fraction of sp³-hybridized carbons (Fsp3) is 0.517. The van der Waals surface area contributed by atoms with Crippen LogP contribution >= 0.6 is 0 Å². The van der Waals surface area contributed by atoms with Gasteiger partial charge in [-0.15, -0.1) is 0 Å². The molecule has 3 atom stereocenters. The highest BCUT2D eigenvalue weighted by Gasteiger charge is 2.61.